The Morgan fingerprint density at radius 1 is 0.840 bits per heavy atom. The number of carbonyl (C=O) groups excluding carboxylic acids is 2. The van der Waals surface area contributed by atoms with Crippen LogP contribution in [0.5, 0.6) is 0 Å². The van der Waals surface area contributed by atoms with E-state index in [1.165, 1.54) is 0 Å². The first-order valence-electron chi connectivity index (χ1n) is 7.86. The predicted octanol–water partition coefficient (Wildman–Crippen LogP) is 3.12. The zero-order chi connectivity index (χ0) is 17.5. The fourth-order valence-corrected chi connectivity index (χ4v) is 2.35. The van der Waals surface area contributed by atoms with E-state index >= 15 is 0 Å². The van der Waals surface area contributed by atoms with Crippen molar-refractivity contribution in [2.75, 3.05) is 11.9 Å². The molecule has 3 aromatic rings. The van der Waals surface area contributed by atoms with Crippen molar-refractivity contribution in [3.63, 3.8) is 0 Å². The van der Waals surface area contributed by atoms with Gasteiger partial charge in [-0.15, -0.1) is 0 Å². The molecule has 0 atom stereocenters. The van der Waals surface area contributed by atoms with Crippen LogP contribution in [-0.4, -0.2) is 23.3 Å². The number of amides is 2. The first kappa shape index (κ1) is 16.4. The smallest absolute Gasteiger partial charge is 0.251 e. The van der Waals surface area contributed by atoms with Crippen LogP contribution in [0.15, 0.2) is 79.1 Å². The zero-order valence-corrected chi connectivity index (χ0v) is 13.5. The Balaban J connectivity index is 1.59. The summed E-state index contributed by atoms with van der Waals surface area (Å²) in [5.41, 5.74) is 3.03. The lowest BCUT2D eigenvalue weighted by molar-refractivity contribution is -0.115. The summed E-state index contributed by atoms with van der Waals surface area (Å²) in [5, 5.41) is 5.34. The Labute approximate surface area is 145 Å². The summed E-state index contributed by atoms with van der Waals surface area (Å²) >= 11 is 0. The Kier molecular flexibility index (Phi) is 5.16. The normalized spacial score (nSPS) is 10.1. The van der Waals surface area contributed by atoms with Gasteiger partial charge in [0.2, 0.25) is 5.91 Å². The van der Waals surface area contributed by atoms with Crippen LogP contribution >= 0.6 is 0 Å². The number of hydrogen-bond donors (Lipinski definition) is 2. The van der Waals surface area contributed by atoms with E-state index in [2.05, 4.69) is 15.6 Å². The lowest BCUT2D eigenvalue weighted by atomic mass is 10.1. The maximum Gasteiger partial charge on any atom is 0.251 e. The van der Waals surface area contributed by atoms with Crippen LogP contribution in [-0.2, 0) is 4.79 Å². The van der Waals surface area contributed by atoms with Crippen LogP contribution in [0.4, 0.5) is 5.69 Å². The summed E-state index contributed by atoms with van der Waals surface area (Å²) in [6.07, 6.45) is 3.31. The molecule has 0 spiro atoms. The molecule has 2 aromatic carbocycles. The molecule has 3 rings (SSSR count). The van der Waals surface area contributed by atoms with E-state index < -0.39 is 0 Å². The molecular formula is C20H17N3O2. The van der Waals surface area contributed by atoms with Gasteiger partial charge < -0.3 is 10.6 Å². The molecule has 124 valence electrons. The molecule has 5 nitrogen and oxygen atoms in total. The third-order valence-corrected chi connectivity index (χ3v) is 3.57. The van der Waals surface area contributed by atoms with Crippen molar-refractivity contribution in [2.24, 2.45) is 0 Å². The van der Waals surface area contributed by atoms with Crippen LogP contribution in [0, 0.1) is 0 Å². The number of carbonyl (C=O) groups is 2. The van der Waals surface area contributed by atoms with Gasteiger partial charge in [0.15, 0.2) is 0 Å². The van der Waals surface area contributed by atoms with Gasteiger partial charge in [0.1, 0.15) is 0 Å². The van der Waals surface area contributed by atoms with Crippen LogP contribution in [0.3, 0.4) is 0 Å². The number of benzene rings is 2. The van der Waals surface area contributed by atoms with Gasteiger partial charge in [0, 0.05) is 17.3 Å². The van der Waals surface area contributed by atoms with Crippen molar-refractivity contribution < 1.29 is 9.59 Å². The molecule has 0 unspecified atom stereocenters. The maximum absolute atomic E-state index is 12.0. The molecule has 0 bridgehead atoms. The van der Waals surface area contributed by atoms with Crippen molar-refractivity contribution in [1.82, 2.24) is 10.3 Å². The number of aromatic nitrogens is 1. The summed E-state index contributed by atoms with van der Waals surface area (Å²) < 4.78 is 0. The standard InChI is InChI=1S/C20H17N3O2/c24-19(14-22-20(25)16-9-5-2-6-10-16)23-18-11-17(12-21-13-18)15-7-3-1-4-8-15/h1-13H,14H2,(H,22,25)(H,23,24). The van der Waals surface area contributed by atoms with E-state index in [1.54, 1.807) is 36.7 Å². The molecule has 5 heteroatoms. The topological polar surface area (TPSA) is 71.1 Å². The molecule has 0 radical (unpaired) electrons. The summed E-state index contributed by atoms with van der Waals surface area (Å²) in [6.45, 7) is -0.108. The van der Waals surface area contributed by atoms with Crippen LogP contribution in [0.2, 0.25) is 0 Å². The molecule has 0 aliphatic carbocycles. The van der Waals surface area contributed by atoms with Crippen molar-refractivity contribution in [3.05, 3.63) is 84.7 Å². The maximum atomic E-state index is 12.0. The third kappa shape index (κ3) is 4.51. The predicted molar refractivity (Wildman–Crippen MR) is 97.1 cm³/mol. The number of pyridine rings is 1. The molecule has 0 saturated heterocycles. The Bertz CT molecular complexity index is 864. The summed E-state index contributed by atoms with van der Waals surface area (Å²) in [7, 11) is 0. The lowest BCUT2D eigenvalue weighted by Gasteiger charge is -2.08. The van der Waals surface area contributed by atoms with Gasteiger partial charge in [-0.2, -0.15) is 0 Å². The van der Waals surface area contributed by atoms with Gasteiger partial charge >= 0.3 is 0 Å². The third-order valence-electron chi connectivity index (χ3n) is 3.57. The van der Waals surface area contributed by atoms with Gasteiger partial charge in [0.05, 0.1) is 18.4 Å². The van der Waals surface area contributed by atoms with Gasteiger partial charge in [-0.3, -0.25) is 14.6 Å². The van der Waals surface area contributed by atoms with Gasteiger partial charge in [-0.05, 0) is 23.8 Å². The molecule has 25 heavy (non-hydrogen) atoms. The Morgan fingerprint density at radius 3 is 2.24 bits per heavy atom. The van der Waals surface area contributed by atoms with Crippen LogP contribution < -0.4 is 10.6 Å². The molecule has 0 saturated carbocycles. The highest BCUT2D eigenvalue weighted by Gasteiger charge is 2.08. The largest absolute Gasteiger partial charge is 0.343 e. The van der Waals surface area contributed by atoms with E-state index in [-0.39, 0.29) is 18.4 Å². The number of nitrogens with one attached hydrogen (secondary N) is 2. The van der Waals surface area contributed by atoms with Gasteiger partial charge in [-0.1, -0.05) is 48.5 Å². The average molecular weight is 331 g/mol. The van der Waals surface area contributed by atoms with Crippen molar-refractivity contribution in [1.29, 1.82) is 0 Å². The summed E-state index contributed by atoms with van der Waals surface area (Å²) in [6, 6.07) is 20.4. The monoisotopic (exact) mass is 331 g/mol. The quantitative estimate of drug-likeness (QED) is 0.754. The highest BCUT2D eigenvalue weighted by molar-refractivity contribution is 5.99. The van der Waals surface area contributed by atoms with E-state index in [0.29, 0.717) is 11.3 Å². The minimum absolute atomic E-state index is 0.108. The van der Waals surface area contributed by atoms with E-state index in [4.69, 9.17) is 0 Å². The molecule has 0 aliphatic heterocycles. The van der Waals surface area contributed by atoms with Crippen molar-refractivity contribution in [2.45, 2.75) is 0 Å². The van der Waals surface area contributed by atoms with Gasteiger partial charge in [0.25, 0.3) is 5.91 Å². The fourth-order valence-electron chi connectivity index (χ4n) is 2.35. The first-order chi connectivity index (χ1) is 12.2. The Morgan fingerprint density at radius 2 is 1.52 bits per heavy atom. The van der Waals surface area contributed by atoms with E-state index in [1.807, 2.05) is 42.5 Å². The lowest BCUT2D eigenvalue weighted by Crippen LogP contribution is -2.32. The van der Waals surface area contributed by atoms with Crippen molar-refractivity contribution >= 4 is 17.5 Å². The highest BCUT2D eigenvalue weighted by Crippen LogP contribution is 2.20. The molecule has 2 amide bonds. The molecule has 2 N–H and O–H groups in total. The van der Waals surface area contributed by atoms with E-state index in [0.717, 1.165) is 11.1 Å². The average Bonchev–Trinajstić information content (AvgIpc) is 2.68. The number of nitrogens with zero attached hydrogens (tertiary/aromatic N) is 1. The second-order valence-electron chi connectivity index (χ2n) is 5.43. The van der Waals surface area contributed by atoms with Gasteiger partial charge in [-0.25, -0.2) is 0 Å². The second-order valence-corrected chi connectivity index (χ2v) is 5.43. The summed E-state index contributed by atoms with van der Waals surface area (Å²) in [4.78, 5) is 28.1. The highest BCUT2D eigenvalue weighted by atomic mass is 16.2. The van der Waals surface area contributed by atoms with Crippen LogP contribution in [0.25, 0.3) is 11.1 Å². The minimum atomic E-state index is -0.309. The SMILES string of the molecule is O=C(CNC(=O)c1ccccc1)Nc1cncc(-c2ccccc2)c1. The second kappa shape index (κ2) is 7.88. The first-order valence-corrected chi connectivity index (χ1v) is 7.86. The van der Waals surface area contributed by atoms with Crippen molar-refractivity contribution in [3.8, 4) is 11.1 Å². The summed E-state index contributed by atoms with van der Waals surface area (Å²) in [5.74, 6) is -0.594. The fraction of sp³-hybridized carbons (Fsp3) is 0.0500. The number of hydrogen-bond acceptors (Lipinski definition) is 3. The molecule has 0 fully saturated rings. The zero-order valence-electron chi connectivity index (χ0n) is 13.5. The Hall–Kier alpha value is -3.47. The molecular weight excluding hydrogens is 314 g/mol. The number of rotatable bonds is 5. The molecule has 1 aromatic heterocycles. The molecule has 1 heterocycles. The minimum Gasteiger partial charge on any atom is -0.343 e. The number of anilines is 1. The van der Waals surface area contributed by atoms with E-state index in [9.17, 15) is 9.59 Å². The van der Waals surface area contributed by atoms with Crippen LogP contribution in [0.1, 0.15) is 10.4 Å². The molecule has 0 aliphatic rings.